The first-order valence-corrected chi connectivity index (χ1v) is 8.20. The van der Waals surface area contributed by atoms with Crippen LogP contribution in [0.4, 0.5) is 0 Å². The van der Waals surface area contributed by atoms with Gasteiger partial charge in [-0.05, 0) is 24.5 Å². The van der Waals surface area contributed by atoms with Gasteiger partial charge in [0.1, 0.15) is 0 Å². The maximum atomic E-state index is 12.7. The van der Waals surface area contributed by atoms with Crippen LogP contribution in [0.5, 0.6) is 0 Å². The summed E-state index contributed by atoms with van der Waals surface area (Å²) in [7, 11) is 0. The molecule has 0 N–H and O–H groups in total. The molecule has 3 rings (SSSR count). The predicted molar refractivity (Wildman–Crippen MR) is 97.0 cm³/mol. The van der Waals surface area contributed by atoms with Crippen LogP contribution >= 0.6 is 0 Å². The van der Waals surface area contributed by atoms with Crippen LogP contribution in [0.1, 0.15) is 29.9 Å². The van der Waals surface area contributed by atoms with Crippen molar-refractivity contribution < 1.29 is 9.53 Å². The van der Waals surface area contributed by atoms with Crippen LogP contribution in [-0.4, -0.2) is 17.6 Å². The third-order valence-electron chi connectivity index (χ3n) is 3.89. The third-order valence-corrected chi connectivity index (χ3v) is 3.89. The molecular formula is C21H21NO2. The van der Waals surface area contributed by atoms with Crippen LogP contribution < -0.4 is 0 Å². The van der Waals surface area contributed by atoms with E-state index in [-0.39, 0.29) is 5.97 Å². The largest absolute Gasteiger partial charge is 0.462 e. The SMILES string of the molecule is Cc1nc2ccccc2c(-c2ccccc2)c1C(=O)OCC(C)C. The van der Waals surface area contributed by atoms with Crippen molar-refractivity contribution in [2.75, 3.05) is 6.61 Å². The first-order valence-electron chi connectivity index (χ1n) is 8.20. The van der Waals surface area contributed by atoms with Gasteiger partial charge in [0.05, 0.1) is 23.4 Å². The summed E-state index contributed by atoms with van der Waals surface area (Å²) < 4.78 is 5.50. The fourth-order valence-corrected chi connectivity index (χ4v) is 2.80. The molecule has 24 heavy (non-hydrogen) atoms. The highest BCUT2D eigenvalue weighted by atomic mass is 16.5. The van der Waals surface area contributed by atoms with Crippen LogP contribution in [-0.2, 0) is 4.74 Å². The molecule has 0 radical (unpaired) electrons. The van der Waals surface area contributed by atoms with Crippen molar-refractivity contribution in [3.63, 3.8) is 0 Å². The molecule has 0 unspecified atom stereocenters. The monoisotopic (exact) mass is 319 g/mol. The summed E-state index contributed by atoms with van der Waals surface area (Å²) in [5.41, 5.74) is 4.03. The summed E-state index contributed by atoms with van der Waals surface area (Å²) in [6, 6.07) is 17.8. The molecule has 0 aliphatic rings. The van der Waals surface area contributed by atoms with E-state index < -0.39 is 0 Å². The number of para-hydroxylation sites is 1. The number of carbonyl (C=O) groups is 1. The minimum Gasteiger partial charge on any atom is -0.462 e. The molecule has 0 fully saturated rings. The number of carbonyl (C=O) groups excluding carboxylic acids is 1. The van der Waals surface area contributed by atoms with Gasteiger partial charge >= 0.3 is 5.97 Å². The van der Waals surface area contributed by atoms with Gasteiger partial charge in [-0.25, -0.2) is 4.79 Å². The van der Waals surface area contributed by atoms with Crippen LogP contribution in [0, 0.1) is 12.8 Å². The molecule has 0 atom stereocenters. The van der Waals surface area contributed by atoms with Crippen molar-refractivity contribution in [2.45, 2.75) is 20.8 Å². The van der Waals surface area contributed by atoms with Gasteiger partial charge in [0.2, 0.25) is 0 Å². The summed E-state index contributed by atoms with van der Waals surface area (Å²) in [4.78, 5) is 17.4. The van der Waals surface area contributed by atoms with E-state index in [1.807, 2.05) is 75.4 Å². The molecule has 122 valence electrons. The standard InChI is InChI=1S/C21H21NO2/c1-14(2)13-24-21(23)19-15(3)22-18-12-8-7-11-17(18)20(19)16-9-5-4-6-10-16/h4-12,14H,13H2,1-3H3. The number of aromatic nitrogens is 1. The molecule has 3 aromatic rings. The Morgan fingerprint density at radius 2 is 1.71 bits per heavy atom. The van der Waals surface area contributed by atoms with Gasteiger partial charge in [0, 0.05) is 10.9 Å². The second-order valence-corrected chi connectivity index (χ2v) is 6.32. The lowest BCUT2D eigenvalue weighted by Crippen LogP contribution is -2.14. The van der Waals surface area contributed by atoms with E-state index in [2.05, 4.69) is 4.98 Å². The summed E-state index contributed by atoms with van der Waals surface area (Å²) in [6.07, 6.45) is 0. The van der Waals surface area contributed by atoms with E-state index in [9.17, 15) is 4.79 Å². The van der Waals surface area contributed by atoms with Crippen LogP contribution in [0.3, 0.4) is 0 Å². The van der Waals surface area contributed by atoms with Crippen molar-refractivity contribution in [3.05, 3.63) is 65.9 Å². The minimum absolute atomic E-state index is 0.294. The minimum atomic E-state index is -0.307. The van der Waals surface area contributed by atoms with Crippen molar-refractivity contribution >= 4 is 16.9 Å². The fourth-order valence-electron chi connectivity index (χ4n) is 2.80. The lowest BCUT2D eigenvalue weighted by molar-refractivity contribution is 0.0458. The molecule has 0 spiro atoms. The van der Waals surface area contributed by atoms with Crippen molar-refractivity contribution in [2.24, 2.45) is 5.92 Å². The number of pyridine rings is 1. The zero-order valence-corrected chi connectivity index (χ0v) is 14.2. The Morgan fingerprint density at radius 1 is 1.04 bits per heavy atom. The smallest absolute Gasteiger partial charge is 0.340 e. The Morgan fingerprint density at radius 3 is 2.42 bits per heavy atom. The topological polar surface area (TPSA) is 39.2 Å². The number of aryl methyl sites for hydroxylation is 1. The molecule has 2 aromatic carbocycles. The van der Waals surface area contributed by atoms with Gasteiger partial charge in [-0.1, -0.05) is 62.4 Å². The highest BCUT2D eigenvalue weighted by molar-refractivity contribution is 6.07. The highest BCUT2D eigenvalue weighted by Crippen LogP contribution is 2.33. The predicted octanol–water partition coefficient (Wildman–Crippen LogP) is 5.02. The number of esters is 1. The quantitative estimate of drug-likeness (QED) is 0.634. The molecule has 1 aromatic heterocycles. The van der Waals surface area contributed by atoms with Crippen molar-refractivity contribution in [1.29, 1.82) is 0 Å². The van der Waals surface area contributed by atoms with Gasteiger partial charge in [-0.2, -0.15) is 0 Å². The molecule has 0 saturated carbocycles. The van der Waals surface area contributed by atoms with Crippen molar-refractivity contribution in [3.8, 4) is 11.1 Å². The van der Waals surface area contributed by atoms with Crippen LogP contribution in [0.2, 0.25) is 0 Å². The normalized spacial score (nSPS) is 11.0. The van der Waals surface area contributed by atoms with E-state index in [4.69, 9.17) is 4.74 Å². The third kappa shape index (κ3) is 3.16. The summed E-state index contributed by atoms with van der Waals surface area (Å²) in [5.74, 6) is -0.0128. The van der Waals surface area contributed by atoms with Gasteiger partial charge in [-0.15, -0.1) is 0 Å². The molecule has 1 heterocycles. The Hall–Kier alpha value is -2.68. The van der Waals surface area contributed by atoms with Gasteiger partial charge in [-0.3, -0.25) is 4.98 Å². The number of nitrogens with zero attached hydrogens (tertiary/aromatic N) is 1. The second kappa shape index (κ2) is 6.83. The molecule has 0 aliphatic heterocycles. The molecule has 0 amide bonds. The summed E-state index contributed by atoms with van der Waals surface area (Å²) in [5, 5.41) is 0.964. The average molecular weight is 319 g/mol. The Bertz CT molecular complexity index is 870. The fraction of sp³-hybridized carbons (Fsp3) is 0.238. The first kappa shape index (κ1) is 16.2. The van der Waals surface area contributed by atoms with Crippen LogP contribution in [0.25, 0.3) is 22.0 Å². The van der Waals surface area contributed by atoms with Gasteiger partial charge < -0.3 is 4.74 Å². The molecule has 3 nitrogen and oxygen atoms in total. The number of hydrogen-bond donors (Lipinski definition) is 0. The van der Waals surface area contributed by atoms with E-state index in [0.29, 0.717) is 23.8 Å². The van der Waals surface area contributed by atoms with E-state index in [1.54, 1.807) is 0 Å². The first-order chi connectivity index (χ1) is 11.6. The molecule has 3 heteroatoms. The summed E-state index contributed by atoms with van der Waals surface area (Å²) in [6.45, 7) is 6.32. The number of benzene rings is 2. The van der Waals surface area contributed by atoms with E-state index >= 15 is 0 Å². The summed E-state index contributed by atoms with van der Waals surface area (Å²) >= 11 is 0. The Balaban J connectivity index is 2.24. The number of fused-ring (bicyclic) bond motifs is 1. The van der Waals surface area contributed by atoms with Crippen molar-refractivity contribution in [1.82, 2.24) is 4.98 Å². The zero-order chi connectivity index (χ0) is 17.1. The second-order valence-electron chi connectivity index (χ2n) is 6.32. The molecule has 0 bridgehead atoms. The Kier molecular flexibility index (Phi) is 4.61. The Labute approximate surface area is 142 Å². The maximum absolute atomic E-state index is 12.7. The van der Waals surface area contributed by atoms with Gasteiger partial charge in [0.15, 0.2) is 0 Å². The van der Waals surface area contributed by atoms with E-state index in [1.165, 1.54) is 0 Å². The van der Waals surface area contributed by atoms with E-state index in [0.717, 1.165) is 22.0 Å². The number of ether oxygens (including phenoxy) is 1. The highest BCUT2D eigenvalue weighted by Gasteiger charge is 2.21. The lowest BCUT2D eigenvalue weighted by atomic mass is 9.94. The molecular weight excluding hydrogens is 298 g/mol. The lowest BCUT2D eigenvalue weighted by Gasteiger charge is -2.16. The molecule has 0 aliphatic carbocycles. The molecule has 0 saturated heterocycles. The number of hydrogen-bond acceptors (Lipinski definition) is 3. The number of rotatable bonds is 4. The zero-order valence-electron chi connectivity index (χ0n) is 14.2. The van der Waals surface area contributed by atoms with Crippen LogP contribution in [0.15, 0.2) is 54.6 Å². The maximum Gasteiger partial charge on any atom is 0.340 e. The average Bonchev–Trinajstić information content (AvgIpc) is 2.59. The van der Waals surface area contributed by atoms with Gasteiger partial charge in [0.25, 0.3) is 0 Å².